The summed E-state index contributed by atoms with van der Waals surface area (Å²) in [5.74, 6) is -0.122. The van der Waals surface area contributed by atoms with Crippen molar-refractivity contribution in [3.05, 3.63) is 95.1 Å². The molecule has 2 amide bonds. The Morgan fingerprint density at radius 3 is 2.20 bits per heavy atom. The Balaban J connectivity index is 1.51. The van der Waals surface area contributed by atoms with Crippen molar-refractivity contribution in [3.8, 4) is 0 Å². The van der Waals surface area contributed by atoms with Gasteiger partial charge in [0.05, 0.1) is 0 Å². The largest absolute Gasteiger partial charge is 0.361 e. The highest BCUT2D eigenvalue weighted by atomic mass is 16.2. The lowest BCUT2D eigenvalue weighted by Crippen LogP contribution is -2.37. The number of carbonyl (C=O) groups is 2. The van der Waals surface area contributed by atoms with Crippen LogP contribution in [-0.2, 0) is 0 Å². The van der Waals surface area contributed by atoms with E-state index in [-0.39, 0.29) is 24.0 Å². The van der Waals surface area contributed by atoms with Crippen molar-refractivity contribution in [1.29, 1.82) is 0 Å². The highest BCUT2D eigenvalue weighted by molar-refractivity contribution is 6.04. The molecule has 0 bridgehead atoms. The van der Waals surface area contributed by atoms with Gasteiger partial charge in [0.15, 0.2) is 0 Å². The molecule has 5 nitrogen and oxygen atoms in total. The summed E-state index contributed by atoms with van der Waals surface area (Å²) < 4.78 is 0. The fourth-order valence-electron chi connectivity index (χ4n) is 3.73. The summed E-state index contributed by atoms with van der Waals surface area (Å²) in [6, 6.07) is 22.8. The summed E-state index contributed by atoms with van der Waals surface area (Å²) in [6.45, 7) is 6.03. The highest BCUT2D eigenvalue weighted by Crippen LogP contribution is 2.35. The molecule has 0 saturated heterocycles. The summed E-state index contributed by atoms with van der Waals surface area (Å²) in [7, 11) is 0. The van der Waals surface area contributed by atoms with Gasteiger partial charge in [-0.2, -0.15) is 0 Å². The third kappa shape index (κ3) is 3.79. The number of amides is 2. The van der Waals surface area contributed by atoms with Crippen LogP contribution in [0.3, 0.4) is 0 Å². The van der Waals surface area contributed by atoms with Crippen molar-refractivity contribution < 1.29 is 9.59 Å². The van der Waals surface area contributed by atoms with E-state index in [9.17, 15) is 9.59 Å². The average Bonchev–Trinajstić information content (AvgIpc) is 3.02. The van der Waals surface area contributed by atoms with Crippen LogP contribution in [0.1, 0.15) is 51.9 Å². The Bertz CT molecular complexity index is 1070. The van der Waals surface area contributed by atoms with E-state index in [2.05, 4.69) is 10.6 Å². The molecule has 5 heteroatoms. The van der Waals surface area contributed by atoms with Gasteiger partial charge in [0.2, 0.25) is 0 Å². The van der Waals surface area contributed by atoms with E-state index in [0.29, 0.717) is 5.56 Å². The van der Waals surface area contributed by atoms with Crippen LogP contribution in [0.15, 0.2) is 72.8 Å². The molecular formula is C25H25N3O2. The lowest BCUT2D eigenvalue weighted by molar-refractivity contribution is 0.0685. The maximum absolute atomic E-state index is 12.8. The van der Waals surface area contributed by atoms with Crippen molar-refractivity contribution in [2.24, 2.45) is 0 Å². The van der Waals surface area contributed by atoms with E-state index in [1.54, 1.807) is 12.1 Å². The zero-order chi connectivity index (χ0) is 21.3. The average molecular weight is 399 g/mol. The van der Waals surface area contributed by atoms with Crippen molar-refractivity contribution in [3.63, 3.8) is 0 Å². The summed E-state index contributed by atoms with van der Waals surface area (Å²) in [5, 5.41) is 6.36. The van der Waals surface area contributed by atoms with Crippen LogP contribution in [0.4, 0.5) is 11.4 Å². The van der Waals surface area contributed by atoms with E-state index in [1.165, 1.54) is 0 Å². The van der Waals surface area contributed by atoms with Crippen LogP contribution in [0.2, 0.25) is 0 Å². The van der Waals surface area contributed by atoms with Crippen LogP contribution >= 0.6 is 0 Å². The number of rotatable bonds is 5. The normalized spacial score (nSPS) is 15.3. The van der Waals surface area contributed by atoms with Crippen molar-refractivity contribution >= 4 is 23.2 Å². The molecule has 2 N–H and O–H groups in total. The molecule has 3 aromatic carbocycles. The summed E-state index contributed by atoms with van der Waals surface area (Å²) in [6.07, 6.45) is -0.235. The quantitative estimate of drug-likeness (QED) is 0.618. The van der Waals surface area contributed by atoms with Crippen molar-refractivity contribution in [2.75, 3.05) is 10.6 Å². The molecule has 0 unspecified atom stereocenters. The van der Waals surface area contributed by atoms with E-state index in [0.717, 1.165) is 28.1 Å². The Morgan fingerprint density at radius 2 is 1.53 bits per heavy atom. The first-order chi connectivity index (χ1) is 14.4. The zero-order valence-electron chi connectivity index (χ0n) is 17.3. The van der Waals surface area contributed by atoms with Crippen LogP contribution in [0.5, 0.6) is 0 Å². The molecule has 0 aliphatic carbocycles. The maximum Gasteiger partial charge on any atom is 0.256 e. The van der Waals surface area contributed by atoms with Gasteiger partial charge in [-0.25, -0.2) is 0 Å². The fourth-order valence-corrected chi connectivity index (χ4v) is 3.73. The van der Waals surface area contributed by atoms with Gasteiger partial charge in [0, 0.05) is 34.1 Å². The molecule has 3 aromatic rings. The molecule has 30 heavy (non-hydrogen) atoms. The molecular weight excluding hydrogens is 374 g/mol. The second-order valence-corrected chi connectivity index (χ2v) is 7.84. The van der Waals surface area contributed by atoms with Gasteiger partial charge in [0.1, 0.15) is 6.17 Å². The number of fused-ring (bicyclic) bond motifs is 1. The van der Waals surface area contributed by atoms with E-state index >= 15 is 0 Å². The third-order valence-corrected chi connectivity index (χ3v) is 5.31. The number of benzene rings is 3. The molecule has 1 atom stereocenters. The van der Waals surface area contributed by atoms with Gasteiger partial charge in [-0.3, -0.25) is 9.59 Å². The smallest absolute Gasteiger partial charge is 0.256 e. The first-order valence-electron chi connectivity index (χ1n) is 10.1. The predicted octanol–water partition coefficient (Wildman–Crippen LogP) is 5.22. The minimum absolute atomic E-state index is 0.0344. The fraction of sp³-hybridized carbons (Fsp3) is 0.200. The maximum atomic E-state index is 12.8. The zero-order valence-corrected chi connectivity index (χ0v) is 17.3. The highest BCUT2D eigenvalue weighted by Gasteiger charge is 2.37. The number of hydrogen-bond donors (Lipinski definition) is 2. The number of anilines is 2. The SMILES string of the molecule is Cc1ccc(NC(=O)c2ccc(N[C@@H]3c4ccccc4C(=O)N3C(C)C)cc2)cc1. The van der Waals surface area contributed by atoms with Gasteiger partial charge < -0.3 is 15.5 Å². The van der Waals surface area contributed by atoms with Gasteiger partial charge in [-0.15, -0.1) is 0 Å². The summed E-state index contributed by atoms with van der Waals surface area (Å²) in [4.78, 5) is 27.2. The third-order valence-electron chi connectivity index (χ3n) is 5.31. The number of nitrogens with one attached hydrogen (secondary N) is 2. The standard InChI is InChI=1S/C25H25N3O2/c1-16(2)28-23(21-6-4-5-7-22(21)25(28)30)26-19-14-10-18(11-15-19)24(29)27-20-12-8-17(3)9-13-20/h4-16,23,26H,1-3H3,(H,27,29)/t23-/m0/s1. The van der Waals surface area contributed by atoms with Crippen LogP contribution in [-0.4, -0.2) is 22.8 Å². The Morgan fingerprint density at radius 1 is 0.900 bits per heavy atom. The second-order valence-electron chi connectivity index (χ2n) is 7.84. The van der Waals surface area contributed by atoms with E-state index < -0.39 is 0 Å². The first-order valence-corrected chi connectivity index (χ1v) is 10.1. The number of aryl methyl sites for hydroxylation is 1. The summed E-state index contributed by atoms with van der Waals surface area (Å²) >= 11 is 0. The lowest BCUT2D eigenvalue weighted by atomic mass is 10.1. The molecule has 4 rings (SSSR count). The minimum Gasteiger partial charge on any atom is -0.361 e. The van der Waals surface area contributed by atoms with E-state index in [4.69, 9.17) is 0 Å². The number of carbonyl (C=O) groups excluding carboxylic acids is 2. The van der Waals surface area contributed by atoms with Crippen LogP contribution < -0.4 is 10.6 Å². The van der Waals surface area contributed by atoms with Gasteiger partial charge in [0.25, 0.3) is 11.8 Å². The first kappa shape index (κ1) is 19.7. The molecule has 1 heterocycles. The monoisotopic (exact) mass is 399 g/mol. The van der Waals surface area contributed by atoms with Gasteiger partial charge >= 0.3 is 0 Å². The minimum atomic E-state index is -0.235. The lowest BCUT2D eigenvalue weighted by Gasteiger charge is -2.30. The molecule has 0 fully saturated rings. The number of nitrogens with zero attached hydrogens (tertiary/aromatic N) is 1. The van der Waals surface area contributed by atoms with E-state index in [1.807, 2.05) is 86.3 Å². The Labute approximate surface area is 176 Å². The van der Waals surface area contributed by atoms with Crippen LogP contribution in [0, 0.1) is 6.92 Å². The van der Waals surface area contributed by atoms with Crippen LogP contribution in [0.25, 0.3) is 0 Å². The van der Waals surface area contributed by atoms with Gasteiger partial charge in [-0.05, 0) is 63.2 Å². The molecule has 0 radical (unpaired) electrons. The Hall–Kier alpha value is -3.60. The molecule has 0 saturated carbocycles. The molecule has 152 valence electrons. The molecule has 0 spiro atoms. The molecule has 0 aromatic heterocycles. The second kappa shape index (κ2) is 8.03. The number of hydrogen-bond acceptors (Lipinski definition) is 3. The summed E-state index contributed by atoms with van der Waals surface area (Å²) in [5.41, 5.74) is 5.04. The Kier molecular flexibility index (Phi) is 5.27. The molecule has 1 aliphatic rings. The van der Waals surface area contributed by atoms with Crippen molar-refractivity contribution in [2.45, 2.75) is 33.0 Å². The predicted molar refractivity (Wildman–Crippen MR) is 120 cm³/mol. The molecule has 1 aliphatic heterocycles. The van der Waals surface area contributed by atoms with Crippen molar-refractivity contribution in [1.82, 2.24) is 4.90 Å². The topological polar surface area (TPSA) is 61.4 Å². The van der Waals surface area contributed by atoms with Gasteiger partial charge in [-0.1, -0.05) is 35.9 Å².